The number of ether oxygens (including phenoxy) is 2. The minimum Gasteiger partial charge on any atom is -0.486 e. The Hall–Kier alpha value is -2.69. The number of benzene rings is 2. The summed E-state index contributed by atoms with van der Waals surface area (Å²) in [6.07, 6.45) is 1.37. The third kappa shape index (κ3) is 6.96. The van der Waals surface area contributed by atoms with Crippen molar-refractivity contribution in [2.75, 3.05) is 37.4 Å². The zero-order chi connectivity index (χ0) is 26.5. The second kappa shape index (κ2) is 12.0. The van der Waals surface area contributed by atoms with Crippen LogP contribution in [-0.2, 0) is 26.2 Å². The molecule has 0 radical (unpaired) electrons. The van der Waals surface area contributed by atoms with Gasteiger partial charge in [-0.05, 0) is 43.2 Å². The second-order valence-corrected chi connectivity index (χ2v) is 11.0. The lowest BCUT2D eigenvalue weighted by atomic mass is 10.1. The Morgan fingerprint density at radius 3 is 2.39 bits per heavy atom. The van der Waals surface area contributed by atoms with Gasteiger partial charge < -0.3 is 19.7 Å². The molecule has 1 atom stereocenters. The van der Waals surface area contributed by atoms with Gasteiger partial charge in [-0.15, -0.1) is 0 Å². The number of carbonyl (C=O) groups is 2. The van der Waals surface area contributed by atoms with Gasteiger partial charge in [-0.3, -0.25) is 13.9 Å². The summed E-state index contributed by atoms with van der Waals surface area (Å²) in [7, 11) is -2.14. The maximum atomic E-state index is 13.2. The predicted octanol–water partition coefficient (Wildman–Crippen LogP) is 3.47. The highest BCUT2D eigenvalue weighted by Gasteiger charge is 2.26. The summed E-state index contributed by atoms with van der Waals surface area (Å²) in [5.74, 6) is 0.399. The fourth-order valence-corrected chi connectivity index (χ4v) is 5.10. The van der Waals surface area contributed by atoms with Gasteiger partial charge in [0.1, 0.15) is 19.3 Å². The number of rotatable bonds is 10. The van der Waals surface area contributed by atoms with E-state index in [1.165, 1.54) is 16.3 Å². The van der Waals surface area contributed by atoms with Crippen LogP contribution in [-0.4, -0.2) is 64.2 Å². The van der Waals surface area contributed by atoms with Gasteiger partial charge >= 0.3 is 0 Å². The Bertz CT molecular complexity index is 1220. The third-order valence-corrected chi connectivity index (χ3v) is 7.65. The van der Waals surface area contributed by atoms with Crippen molar-refractivity contribution >= 4 is 50.7 Å². The van der Waals surface area contributed by atoms with Gasteiger partial charge in [-0.2, -0.15) is 0 Å². The van der Waals surface area contributed by atoms with Crippen molar-refractivity contribution in [2.45, 2.75) is 32.4 Å². The van der Waals surface area contributed by atoms with Crippen LogP contribution in [0.1, 0.15) is 25.3 Å². The van der Waals surface area contributed by atoms with E-state index in [1.807, 2.05) is 0 Å². The second-order valence-electron chi connectivity index (χ2n) is 8.33. The highest BCUT2D eigenvalue weighted by atomic mass is 35.5. The molecule has 3 rings (SSSR count). The first-order valence-corrected chi connectivity index (χ1v) is 13.9. The number of nitrogens with zero attached hydrogens (tertiary/aromatic N) is 2. The first-order valence-electron chi connectivity index (χ1n) is 11.3. The van der Waals surface area contributed by atoms with Gasteiger partial charge in [0, 0.05) is 32.6 Å². The summed E-state index contributed by atoms with van der Waals surface area (Å²) < 4.78 is 37.4. The smallest absolute Gasteiger partial charge is 0.242 e. The van der Waals surface area contributed by atoms with Crippen LogP contribution in [0.25, 0.3) is 0 Å². The number of amides is 2. The molecule has 2 aromatic rings. The van der Waals surface area contributed by atoms with Crippen molar-refractivity contribution < 1.29 is 27.5 Å². The molecule has 0 saturated heterocycles. The van der Waals surface area contributed by atoms with Crippen molar-refractivity contribution in [3.8, 4) is 11.5 Å². The molecule has 0 bridgehead atoms. The predicted molar refractivity (Wildman–Crippen MR) is 139 cm³/mol. The minimum absolute atomic E-state index is 0.0270. The van der Waals surface area contributed by atoms with Crippen molar-refractivity contribution in [3.05, 3.63) is 52.0 Å². The lowest BCUT2D eigenvalue weighted by molar-refractivity contribution is -0.140. The highest BCUT2D eigenvalue weighted by Crippen LogP contribution is 2.35. The molecular formula is C24H29Cl2N3O6S. The maximum Gasteiger partial charge on any atom is 0.242 e. The number of carbonyl (C=O) groups excluding carboxylic acids is 2. The number of sulfonamides is 1. The van der Waals surface area contributed by atoms with Crippen molar-refractivity contribution in [2.24, 2.45) is 0 Å². The van der Waals surface area contributed by atoms with E-state index in [2.05, 4.69) is 5.32 Å². The Morgan fingerprint density at radius 1 is 1.06 bits per heavy atom. The van der Waals surface area contributed by atoms with Crippen LogP contribution in [0.2, 0.25) is 10.0 Å². The van der Waals surface area contributed by atoms with E-state index >= 15 is 0 Å². The zero-order valence-electron chi connectivity index (χ0n) is 20.3. The maximum absolute atomic E-state index is 13.2. The van der Waals surface area contributed by atoms with E-state index in [0.717, 1.165) is 6.26 Å². The highest BCUT2D eigenvalue weighted by molar-refractivity contribution is 7.92. The minimum atomic E-state index is -3.63. The number of fused-ring (bicyclic) bond motifs is 1. The summed E-state index contributed by atoms with van der Waals surface area (Å²) >= 11 is 12.1. The molecule has 0 aliphatic carbocycles. The molecular weight excluding hydrogens is 529 g/mol. The van der Waals surface area contributed by atoms with Crippen LogP contribution in [0.3, 0.4) is 0 Å². The normalized spacial score (nSPS) is 13.6. The number of likely N-dealkylation sites (N-methyl/N-ethyl adjacent to an activating group) is 1. The van der Waals surface area contributed by atoms with Gasteiger partial charge in [0.25, 0.3) is 0 Å². The van der Waals surface area contributed by atoms with E-state index in [-0.39, 0.29) is 37.7 Å². The average molecular weight is 558 g/mol. The average Bonchev–Trinajstić information content (AvgIpc) is 2.85. The summed E-state index contributed by atoms with van der Waals surface area (Å²) in [6.45, 7) is 2.65. The van der Waals surface area contributed by atoms with Crippen molar-refractivity contribution in [1.82, 2.24) is 10.2 Å². The topological polar surface area (TPSA) is 105 Å². The van der Waals surface area contributed by atoms with Gasteiger partial charge in [0.2, 0.25) is 21.8 Å². The van der Waals surface area contributed by atoms with Crippen LogP contribution >= 0.6 is 23.2 Å². The van der Waals surface area contributed by atoms with Crippen LogP contribution in [0.4, 0.5) is 5.69 Å². The molecule has 0 spiro atoms. The number of nitrogens with one attached hydrogen (secondary N) is 1. The zero-order valence-corrected chi connectivity index (χ0v) is 22.6. The molecule has 0 unspecified atom stereocenters. The molecule has 1 heterocycles. The van der Waals surface area contributed by atoms with E-state index in [9.17, 15) is 18.0 Å². The molecule has 1 aliphatic rings. The first-order chi connectivity index (χ1) is 17.0. The Kier molecular flexibility index (Phi) is 9.32. The molecule has 1 N–H and O–H groups in total. The standard InChI is InChI=1S/C24H29Cl2N3O6S/c1-16(24(31)27-2)28(15-17-6-8-19(25)20(26)13-17)23(30)5-4-10-29(36(3,32)33)18-7-9-21-22(14-18)35-12-11-34-21/h6-9,13-14,16H,4-5,10-12,15H2,1-3H3,(H,27,31)/t16-/m0/s1. The molecule has 0 aromatic heterocycles. The van der Waals surface area contributed by atoms with Crippen LogP contribution < -0.4 is 19.1 Å². The molecule has 2 aromatic carbocycles. The SMILES string of the molecule is CNC(=O)[C@H](C)N(Cc1ccc(Cl)c(Cl)c1)C(=O)CCCN(c1ccc2c(c1)OCCO2)S(C)(=O)=O. The monoisotopic (exact) mass is 557 g/mol. The van der Waals surface area contributed by atoms with Crippen LogP contribution in [0, 0.1) is 0 Å². The largest absolute Gasteiger partial charge is 0.486 e. The molecule has 2 amide bonds. The molecule has 196 valence electrons. The molecule has 9 nitrogen and oxygen atoms in total. The van der Waals surface area contributed by atoms with Gasteiger partial charge in [-0.25, -0.2) is 8.42 Å². The van der Waals surface area contributed by atoms with E-state index in [0.29, 0.717) is 46.0 Å². The van der Waals surface area contributed by atoms with E-state index in [4.69, 9.17) is 32.7 Å². The van der Waals surface area contributed by atoms with Gasteiger partial charge in [-0.1, -0.05) is 29.3 Å². The van der Waals surface area contributed by atoms with Crippen LogP contribution in [0.5, 0.6) is 11.5 Å². The number of hydrogen-bond donors (Lipinski definition) is 1. The van der Waals surface area contributed by atoms with Crippen molar-refractivity contribution in [3.63, 3.8) is 0 Å². The van der Waals surface area contributed by atoms with E-state index < -0.39 is 16.1 Å². The molecule has 36 heavy (non-hydrogen) atoms. The first kappa shape index (κ1) is 27.9. The lowest BCUT2D eigenvalue weighted by Gasteiger charge is -2.29. The fraction of sp³-hybridized carbons (Fsp3) is 0.417. The Morgan fingerprint density at radius 2 is 1.75 bits per heavy atom. The lowest BCUT2D eigenvalue weighted by Crippen LogP contribution is -2.46. The van der Waals surface area contributed by atoms with Gasteiger partial charge in [0.15, 0.2) is 11.5 Å². The molecule has 12 heteroatoms. The van der Waals surface area contributed by atoms with Crippen LogP contribution in [0.15, 0.2) is 36.4 Å². The van der Waals surface area contributed by atoms with Gasteiger partial charge in [0.05, 0.1) is 22.0 Å². The number of hydrogen-bond acceptors (Lipinski definition) is 6. The summed E-state index contributed by atoms with van der Waals surface area (Å²) in [4.78, 5) is 27.0. The van der Waals surface area contributed by atoms with E-state index in [1.54, 1.807) is 43.3 Å². The quantitative estimate of drug-likeness (QED) is 0.479. The fourth-order valence-electron chi connectivity index (χ4n) is 3.82. The number of halogens is 2. The molecule has 0 fully saturated rings. The Balaban J connectivity index is 1.73. The summed E-state index contributed by atoms with van der Waals surface area (Å²) in [5, 5.41) is 3.29. The summed E-state index contributed by atoms with van der Waals surface area (Å²) in [6, 6.07) is 9.18. The third-order valence-electron chi connectivity index (χ3n) is 5.72. The van der Waals surface area contributed by atoms with Crippen molar-refractivity contribution in [1.29, 1.82) is 0 Å². The molecule has 0 saturated carbocycles. The molecule has 1 aliphatic heterocycles. The summed E-state index contributed by atoms with van der Waals surface area (Å²) in [5.41, 5.74) is 1.13. The Labute approximate surface area is 221 Å². The number of anilines is 1.